The van der Waals surface area contributed by atoms with Gasteiger partial charge in [-0.15, -0.1) is 0 Å². The Morgan fingerprint density at radius 1 is 1.24 bits per heavy atom. The Labute approximate surface area is 126 Å². The van der Waals surface area contributed by atoms with Crippen LogP contribution in [0, 0.1) is 5.41 Å². The number of rotatable bonds is 7. The van der Waals surface area contributed by atoms with Crippen molar-refractivity contribution in [2.45, 2.75) is 33.1 Å². The van der Waals surface area contributed by atoms with E-state index in [2.05, 4.69) is 34.4 Å². The van der Waals surface area contributed by atoms with Crippen LogP contribution < -0.4 is 15.4 Å². The van der Waals surface area contributed by atoms with Crippen LogP contribution in [0.1, 0.15) is 33.1 Å². The fourth-order valence-electron chi connectivity index (χ4n) is 2.40. The van der Waals surface area contributed by atoms with Crippen LogP contribution >= 0.6 is 0 Å². The first-order valence-corrected chi connectivity index (χ1v) is 7.63. The lowest BCUT2D eigenvalue weighted by Crippen LogP contribution is -2.33. The summed E-state index contributed by atoms with van der Waals surface area (Å²) in [5.74, 6) is 2.18. The van der Waals surface area contributed by atoms with Crippen LogP contribution in [0.25, 0.3) is 0 Å². The molecule has 1 aliphatic heterocycles. The standard InChI is InChI=1S/C15H26N4O2/c1-4-7-16-13-12(20-3)14(19-11-18-13)17-10-15(2)5-8-21-9-6-15/h11H,4-10H2,1-3H3,(H2,16,17,18,19). The van der Waals surface area contributed by atoms with Gasteiger partial charge in [0.1, 0.15) is 6.33 Å². The molecule has 2 N–H and O–H groups in total. The zero-order chi connectivity index (χ0) is 15.1. The van der Waals surface area contributed by atoms with Crippen molar-refractivity contribution in [3.05, 3.63) is 6.33 Å². The minimum atomic E-state index is 0.241. The number of ether oxygens (including phenoxy) is 2. The van der Waals surface area contributed by atoms with Gasteiger partial charge in [0.25, 0.3) is 0 Å². The number of aromatic nitrogens is 2. The highest BCUT2D eigenvalue weighted by Crippen LogP contribution is 2.33. The molecule has 1 saturated heterocycles. The van der Waals surface area contributed by atoms with Crippen molar-refractivity contribution < 1.29 is 9.47 Å². The van der Waals surface area contributed by atoms with Gasteiger partial charge in [-0.3, -0.25) is 0 Å². The molecular weight excluding hydrogens is 268 g/mol. The molecule has 118 valence electrons. The fraction of sp³-hybridized carbons (Fsp3) is 0.733. The zero-order valence-corrected chi connectivity index (χ0v) is 13.2. The zero-order valence-electron chi connectivity index (χ0n) is 13.2. The minimum Gasteiger partial charge on any atom is -0.490 e. The molecule has 1 aliphatic rings. The van der Waals surface area contributed by atoms with Gasteiger partial charge in [-0.1, -0.05) is 13.8 Å². The smallest absolute Gasteiger partial charge is 0.204 e. The summed E-state index contributed by atoms with van der Waals surface area (Å²) in [6.07, 6.45) is 4.73. The molecule has 0 aliphatic carbocycles. The number of hydrogen-bond donors (Lipinski definition) is 2. The maximum Gasteiger partial charge on any atom is 0.204 e. The Bertz CT molecular complexity index is 447. The fourth-order valence-corrected chi connectivity index (χ4v) is 2.40. The lowest BCUT2D eigenvalue weighted by molar-refractivity contribution is 0.0299. The van der Waals surface area contributed by atoms with E-state index >= 15 is 0 Å². The normalized spacial score (nSPS) is 17.3. The van der Waals surface area contributed by atoms with Gasteiger partial charge in [-0.25, -0.2) is 9.97 Å². The topological polar surface area (TPSA) is 68.3 Å². The second-order valence-electron chi connectivity index (χ2n) is 5.81. The molecule has 0 unspecified atom stereocenters. The lowest BCUT2D eigenvalue weighted by atomic mass is 9.82. The molecule has 0 aromatic carbocycles. The maximum atomic E-state index is 5.47. The molecule has 21 heavy (non-hydrogen) atoms. The predicted molar refractivity (Wildman–Crippen MR) is 84.0 cm³/mol. The third-order valence-electron chi connectivity index (χ3n) is 3.93. The van der Waals surface area contributed by atoms with Gasteiger partial charge in [0.2, 0.25) is 5.75 Å². The molecule has 1 aromatic heterocycles. The van der Waals surface area contributed by atoms with E-state index in [9.17, 15) is 0 Å². The Kier molecular flexibility index (Phi) is 5.61. The summed E-state index contributed by atoms with van der Waals surface area (Å²) in [6, 6.07) is 0. The molecule has 0 atom stereocenters. The summed E-state index contributed by atoms with van der Waals surface area (Å²) in [5, 5.41) is 6.69. The number of hydrogen-bond acceptors (Lipinski definition) is 6. The molecule has 2 heterocycles. The Hall–Kier alpha value is -1.56. The highest BCUT2D eigenvalue weighted by atomic mass is 16.5. The molecule has 0 saturated carbocycles. The van der Waals surface area contributed by atoms with E-state index in [4.69, 9.17) is 9.47 Å². The van der Waals surface area contributed by atoms with Gasteiger partial charge in [-0.05, 0) is 24.7 Å². The van der Waals surface area contributed by atoms with Gasteiger partial charge in [0.05, 0.1) is 7.11 Å². The van der Waals surface area contributed by atoms with Crippen LogP contribution in [0.15, 0.2) is 6.33 Å². The number of methoxy groups -OCH3 is 1. The van der Waals surface area contributed by atoms with Crippen LogP contribution in [-0.4, -0.2) is 43.4 Å². The summed E-state index contributed by atoms with van der Waals surface area (Å²) in [6.45, 7) is 7.79. The van der Waals surface area contributed by atoms with Gasteiger partial charge >= 0.3 is 0 Å². The quantitative estimate of drug-likeness (QED) is 0.805. The Morgan fingerprint density at radius 3 is 2.52 bits per heavy atom. The van der Waals surface area contributed by atoms with E-state index in [0.29, 0.717) is 5.75 Å². The van der Waals surface area contributed by atoms with E-state index in [1.54, 1.807) is 13.4 Å². The van der Waals surface area contributed by atoms with Crippen LogP contribution in [0.2, 0.25) is 0 Å². The van der Waals surface area contributed by atoms with Crippen molar-refractivity contribution in [3.63, 3.8) is 0 Å². The van der Waals surface area contributed by atoms with E-state index in [0.717, 1.165) is 57.2 Å². The minimum absolute atomic E-state index is 0.241. The summed E-state index contributed by atoms with van der Waals surface area (Å²) in [4.78, 5) is 8.57. The molecule has 6 nitrogen and oxygen atoms in total. The van der Waals surface area contributed by atoms with Crippen LogP contribution in [0.3, 0.4) is 0 Å². The molecule has 0 radical (unpaired) electrons. The van der Waals surface area contributed by atoms with E-state index in [1.807, 2.05) is 0 Å². The molecule has 6 heteroatoms. The first kappa shape index (κ1) is 15.8. The number of anilines is 2. The van der Waals surface area contributed by atoms with Gasteiger partial charge in [0, 0.05) is 26.3 Å². The second-order valence-corrected chi connectivity index (χ2v) is 5.81. The summed E-state index contributed by atoms with van der Waals surface area (Å²) in [7, 11) is 1.65. The molecule has 0 spiro atoms. The third-order valence-corrected chi connectivity index (χ3v) is 3.93. The Balaban J connectivity index is 2.04. The summed E-state index contributed by atoms with van der Waals surface area (Å²) < 4.78 is 10.9. The number of nitrogens with zero attached hydrogens (tertiary/aromatic N) is 2. The average molecular weight is 294 g/mol. The van der Waals surface area contributed by atoms with Crippen molar-refractivity contribution >= 4 is 11.6 Å². The first-order valence-electron chi connectivity index (χ1n) is 7.63. The predicted octanol–water partition coefficient (Wildman–Crippen LogP) is 2.54. The van der Waals surface area contributed by atoms with Crippen molar-refractivity contribution in [1.29, 1.82) is 0 Å². The van der Waals surface area contributed by atoms with Crippen molar-refractivity contribution in [3.8, 4) is 5.75 Å². The molecule has 2 rings (SSSR count). The van der Waals surface area contributed by atoms with Crippen molar-refractivity contribution in [2.75, 3.05) is 44.0 Å². The SMILES string of the molecule is CCCNc1ncnc(NCC2(C)CCOCC2)c1OC. The number of nitrogens with one attached hydrogen (secondary N) is 2. The Morgan fingerprint density at radius 2 is 1.90 bits per heavy atom. The van der Waals surface area contributed by atoms with E-state index < -0.39 is 0 Å². The van der Waals surface area contributed by atoms with E-state index in [1.165, 1.54) is 0 Å². The molecule has 0 amide bonds. The van der Waals surface area contributed by atoms with E-state index in [-0.39, 0.29) is 5.41 Å². The molecule has 0 bridgehead atoms. The van der Waals surface area contributed by atoms with Gasteiger partial charge < -0.3 is 20.1 Å². The van der Waals surface area contributed by atoms with Crippen LogP contribution in [-0.2, 0) is 4.74 Å². The largest absolute Gasteiger partial charge is 0.490 e. The highest BCUT2D eigenvalue weighted by molar-refractivity contribution is 5.63. The third kappa shape index (κ3) is 4.20. The average Bonchev–Trinajstić information content (AvgIpc) is 2.51. The lowest BCUT2D eigenvalue weighted by Gasteiger charge is -2.33. The van der Waals surface area contributed by atoms with Crippen LogP contribution in [0.4, 0.5) is 11.6 Å². The van der Waals surface area contributed by atoms with Gasteiger partial charge in [0.15, 0.2) is 11.6 Å². The molecule has 1 aromatic rings. The molecular formula is C15H26N4O2. The summed E-state index contributed by atoms with van der Waals surface area (Å²) >= 11 is 0. The first-order chi connectivity index (χ1) is 10.2. The molecule has 1 fully saturated rings. The monoisotopic (exact) mass is 294 g/mol. The summed E-state index contributed by atoms with van der Waals surface area (Å²) in [5.41, 5.74) is 0.241. The second kappa shape index (κ2) is 7.45. The highest BCUT2D eigenvalue weighted by Gasteiger charge is 2.27. The van der Waals surface area contributed by atoms with Crippen molar-refractivity contribution in [2.24, 2.45) is 5.41 Å². The maximum absolute atomic E-state index is 5.47. The van der Waals surface area contributed by atoms with Crippen molar-refractivity contribution in [1.82, 2.24) is 9.97 Å². The van der Waals surface area contributed by atoms with Gasteiger partial charge in [-0.2, -0.15) is 0 Å². The van der Waals surface area contributed by atoms with Crippen LogP contribution in [0.5, 0.6) is 5.75 Å².